The summed E-state index contributed by atoms with van der Waals surface area (Å²) in [5.41, 5.74) is 0. The molecule has 0 aromatic rings. The lowest BCUT2D eigenvalue weighted by Crippen LogP contribution is -2.42. The fourth-order valence-corrected chi connectivity index (χ4v) is 2.81. The van der Waals surface area contributed by atoms with Gasteiger partial charge in [-0.15, -0.1) is 0 Å². The largest absolute Gasteiger partial charge is 0.313 e. The molecule has 0 saturated carbocycles. The molecule has 3 unspecified atom stereocenters. The second kappa shape index (κ2) is 5.11. The van der Waals surface area contributed by atoms with E-state index in [1.54, 1.807) is 0 Å². The summed E-state index contributed by atoms with van der Waals surface area (Å²) in [7, 11) is -0.776. The zero-order valence-electron chi connectivity index (χ0n) is 9.68. The predicted molar refractivity (Wildman–Crippen MR) is 60.5 cm³/mol. The van der Waals surface area contributed by atoms with Gasteiger partial charge < -0.3 is 5.32 Å². The van der Waals surface area contributed by atoms with Crippen LogP contribution < -0.4 is 5.32 Å². The predicted octanol–water partition coefficient (Wildman–Crippen LogP) is 1.92. The van der Waals surface area contributed by atoms with Crippen molar-refractivity contribution >= 4 is 10.8 Å². The van der Waals surface area contributed by atoms with Crippen LogP contribution >= 0.6 is 0 Å². The minimum absolute atomic E-state index is 0.108. The first-order valence-electron chi connectivity index (χ1n) is 4.94. The SMILES string of the molecule is CCNC(C)C(C)S(=O)C(C)(C)C. The molecule has 0 aliphatic carbocycles. The van der Waals surface area contributed by atoms with E-state index in [0.717, 1.165) is 6.54 Å². The van der Waals surface area contributed by atoms with Gasteiger partial charge >= 0.3 is 0 Å². The first-order chi connectivity index (χ1) is 5.80. The van der Waals surface area contributed by atoms with Gasteiger partial charge in [0.1, 0.15) is 0 Å². The Balaban J connectivity index is 4.26. The summed E-state index contributed by atoms with van der Waals surface area (Å²) in [6.07, 6.45) is 0. The van der Waals surface area contributed by atoms with Crippen LogP contribution in [-0.2, 0) is 10.8 Å². The van der Waals surface area contributed by atoms with Crippen molar-refractivity contribution < 1.29 is 4.21 Å². The van der Waals surface area contributed by atoms with Crippen molar-refractivity contribution in [2.75, 3.05) is 6.54 Å². The van der Waals surface area contributed by atoms with Crippen molar-refractivity contribution in [3.05, 3.63) is 0 Å². The van der Waals surface area contributed by atoms with E-state index in [2.05, 4.69) is 26.1 Å². The Morgan fingerprint density at radius 1 is 1.31 bits per heavy atom. The average Bonchev–Trinajstić information content (AvgIpc) is 2.00. The molecule has 0 heterocycles. The molecule has 0 aromatic carbocycles. The summed E-state index contributed by atoms with van der Waals surface area (Å²) < 4.78 is 11.8. The number of hydrogen-bond acceptors (Lipinski definition) is 2. The molecule has 0 aromatic heterocycles. The van der Waals surface area contributed by atoms with Gasteiger partial charge in [0.25, 0.3) is 0 Å². The first-order valence-corrected chi connectivity index (χ1v) is 6.16. The second-order valence-electron chi connectivity index (χ2n) is 4.46. The van der Waals surface area contributed by atoms with E-state index in [4.69, 9.17) is 0 Å². The molecule has 3 atom stereocenters. The summed E-state index contributed by atoms with van der Waals surface area (Å²) in [4.78, 5) is 0. The molecular weight excluding hydrogens is 182 g/mol. The lowest BCUT2D eigenvalue weighted by Gasteiger charge is -2.27. The van der Waals surface area contributed by atoms with E-state index < -0.39 is 10.8 Å². The molecule has 13 heavy (non-hydrogen) atoms. The van der Waals surface area contributed by atoms with Crippen LogP contribution in [0.15, 0.2) is 0 Å². The maximum absolute atomic E-state index is 12.0. The third-order valence-corrected chi connectivity index (χ3v) is 4.46. The zero-order valence-corrected chi connectivity index (χ0v) is 10.5. The highest BCUT2D eigenvalue weighted by Crippen LogP contribution is 2.17. The van der Waals surface area contributed by atoms with E-state index in [0.29, 0.717) is 6.04 Å². The molecule has 0 bridgehead atoms. The highest BCUT2D eigenvalue weighted by atomic mass is 32.2. The van der Waals surface area contributed by atoms with Gasteiger partial charge in [-0.25, -0.2) is 0 Å². The van der Waals surface area contributed by atoms with Gasteiger partial charge in [-0.05, 0) is 41.2 Å². The minimum Gasteiger partial charge on any atom is -0.313 e. The molecule has 2 nitrogen and oxygen atoms in total. The second-order valence-corrected chi connectivity index (χ2v) is 7.02. The quantitative estimate of drug-likeness (QED) is 0.760. The molecule has 0 fully saturated rings. The van der Waals surface area contributed by atoms with Crippen molar-refractivity contribution in [1.82, 2.24) is 5.32 Å². The third-order valence-electron chi connectivity index (χ3n) is 2.17. The van der Waals surface area contributed by atoms with Crippen LogP contribution in [0.25, 0.3) is 0 Å². The van der Waals surface area contributed by atoms with Gasteiger partial charge in [0.2, 0.25) is 0 Å². The molecule has 0 aliphatic heterocycles. The molecule has 0 rings (SSSR count). The first kappa shape index (κ1) is 13.1. The summed E-state index contributed by atoms with van der Waals surface area (Å²) in [5, 5.41) is 3.51. The maximum Gasteiger partial charge on any atom is 0.0475 e. The van der Waals surface area contributed by atoms with Crippen LogP contribution in [0.3, 0.4) is 0 Å². The van der Waals surface area contributed by atoms with Crippen LogP contribution in [0, 0.1) is 0 Å². The standard InChI is InChI=1S/C10H23NOS/c1-7-11-8(2)9(3)13(12)10(4,5)6/h8-9,11H,7H2,1-6H3. The number of hydrogen-bond donors (Lipinski definition) is 1. The van der Waals surface area contributed by atoms with Crippen LogP contribution in [0.1, 0.15) is 41.5 Å². The lowest BCUT2D eigenvalue weighted by atomic mass is 10.2. The highest BCUT2D eigenvalue weighted by molar-refractivity contribution is 7.87. The van der Waals surface area contributed by atoms with Crippen molar-refractivity contribution in [2.45, 2.75) is 57.6 Å². The molecule has 0 saturated heterocycles. The molecule has 0 amide bonds. The van der Waals surface area contributed by atoms with Gasteiger partial charge in [-0.1, -0.05) is 6.92 Å². The van der Waals surface area contributed by atoms with Crippen molar-refractivity contribution in [3.63, 3.8) is 0 Å². The molecule has 3 heteroatoms. The Morgan fingerprint density at radius 2 is 1.77 bits per heavy atom. The summed E-state index contributed by atoms with van der Waals surface area (Å²) in [6, 6.07) is 0.324. The van der Waals surface area contributed by atoms with Crippen molar-refractivity contribution in [2.24, 2.45) is 0 Å². The molecular formula is C10H23NOS. The Labute approximate surface area is 84.9 Å². The van der Waals surface area contributed by atoms with Crippen molar-refractivity contribution in [3.8, 4) is 0 Å². The summed E-state index contributed by atoms with van der Waals surface area (Å²) in [6.45, 7) is 13.2. The lowest BCUT2D eigenvalue weighted by molar-refractivity contribution is 0.540. The Hall–Kier alpha value is 0.110. The molecule has 1 N–H and O–H groups in total. The van der Waals surface area contributed by atoms with Crippen LogP contribution in [-0.4, -0.2) is 26.8 Å². The maximum atomic E-state index is 12.0. The molecule has 80 valence electrons. The fourth-order valence-electron chi connectivity index (χ4n) is 1.23. The smallest absolute Gasteiger partial charge is 0.0475 e. The van der Waals surface area contributed by atoms with E-state index in [1.807, 2.05) is 20.8 Å². The highest BCUT2D eigenvalue weighted by Gasteiger charge is 2.27. The number of nitrogens with one attached hydrogen (secondary N) is 1. The van der Waals surface area contributed by atoms with Crippen LogP contribution in [0.4, 0.5) is 0 Å². The monoisotopic (exact) mass is 205 g/mol. The van der Waals surface area contributed by atoms with E-state index in [9.17, 15) is 4.21 Å². The van der Waals surface area contributed by atoms with E-state index in [1.165, 1.54) is 0 Å². The fraction of sp³-hybridized carbons (Fsp3) is 1.00. The van der Waals surface area contributed by atoms with Crippen LogP contribution in [0.2, 0.25) is 0 Å². The summed E-state index contributed by atoms with van der Waals surface area (Å²) >= 11 is 0. The van der Waals surface area contributed by atoms with Gasteiger partial charge in [-0.2, -0.15) is 0 Å². The van der Waals surface area contributed by atoms with E-state index in [-0.39, 0.29) is 10.00 Å². The zero-order chi connectivity index (χ0) is 10.6. The molecule has 0 aliphatic rings. The molecule has 0 spiro atoms. The van der Waals surface area contributed by atoms with Gasteiger partial charge in [0.05, 0.1) is 0 Å². The van der Waals surface area contributed by atoms with Crippen LogP contribution in [0.5, 0.6) is 0 Å². The van der Waals surface area contributed by atoms with Gasteiger partial charge in [0, 0.05) is 26.8 Å². The van der Waals surface area contributed by atoms with Gasteiger partial charge in [0.15, 0.2) is 0 Å². The average molecular weight is 205 g/mol. The molecule has 0 radical (unpaired) electrons. The summed E-state index contributed by atoms with van der Waals surface area (Å²) in [5.74, 6) is 0. The normalized spacial score (nSPS) is 19.5. The van der Waals surface area contributed by atoms with Crippen molar-refractivity contribution in [1.29, 1.82) is 0 Å². The Morgan fingerprint density at radius 3 is 2.08 bits per heavy atom. The topological polar surface area (TPSA) is 29.1 Å². The third kappa shape index (κ3) is 4.23. The van der Waals surface area contributed by atoms with E-state index >= 15 is 0 Å². The minimum atomic E-state index is -0.776. The number of rotatable bonds is 4. The Kier molecular flexibility index (Phi) is 5.15. The van der Waals surface area contributed by atoms with Gasteiger partial charge in [-0.3, -0.25) is 4.21 Å². The Bertz CT molecular complexity index is 174.